The van der Waals surface area contributed by atoms with Crippen LogP contribution < -0.4 is 0 Å². The quantitative estimate of drug-likeness (QED) is 0.167. The van der Waals surface area contributed by atoms with Crippen LogP contribution in [0.4, 0.5) is 0 Å². The fraction of sp³-hybridized carbons (Fsp3) is 0.609. The molecular weight excluding hydrogens is 396 g/mol. The van der Waals surface area contributed by atoms with Crippen molar-refractivity contribution in [3.05, 3.63) is 36.1 Å². The van der Waals surface area contributed by atoms with Crippen molar-refractivity contribution in [2.45, 2.75) is 71.4 Å². The Morgan fingerprint density at radius 2 is 1.86 bits per heavy atom. The van der Waals surface area contributed by atoms with Gasteiger partial charge in [-0.3, -0.25) is 0 Å². The molecule has 0 radical (unpaired) electrons. The van der Waals surface area contributed by atoms with Gasteiger partial charge in [0, 0.05) is 5.92 Å². The van der Waals surface area contributed by atoms with Gasteiger partial charge in [-0.2, -0.15) is 0 Å². The molecule has 0 saturated carbocycles. The second-order valence-electron chi connectivity index (χ2n) is 10.0. The van der Waals surface area contributed by atoms with Crippen molar-refractivity contribution in [2.24, 2.45) is 5.41 Å². The summed E-state index contributed by atoms with van der Waals surface area (Å²) in [6.07, 6.45) is 11.7. The zero-order valence-corrected chi connectivity index (χ0v) is 21.6. The number of carbonyl (C=O) groups is 1. The third-order valence-electron chi connectivity index (χ3n) is 5.25. The van der Waals surface area contributed by atoms with Gasteiger partial charge >= 0.3 is 5.97 Å². The minimum atomic E-state index is -1.76. The molecule has 0 amide bonds. The molecule has 162 valence electrons. The van der Waals surface area contributed by atoms with E-state index in [1.807, 2.05) is 6.08 Å². The summed E-state index contributed by atoms with van der Waals surface area (Å²) in [7, 11) is -2.07. The van der Waals surface area contributed by atoms with Crippen molar-refractivity contribution in [1.29, 1.82) is 0 Å². The molecule has 0 aromatic rings. The number of rotatable bonds is 7. The van der Waals surface area contributed by atoms with Gasteiger partial charge in [0.2, 0.25) is 8.32 Å². The van der Waals surface area contributed by atoms with E-state index in [1.54, 1.807) is 0 Å². The van der Waals surface area contributed by atoms with Crippen molar-refractivity contribution >= 4 is 22.6 Å². The molecule has 1 aliphatic rings. The molecule has 0 spiro atoms. The highest BCUT2D eigenvalue weighted by molar-refractivity contribution is 6.74. The molecule has 0 aliphatic heterocycles. The van der Waals surface area contributed by atoms with E-state index in [2.05, 4.69) is 94.4 Å². The summed E-state index contributed by atoms with van der Waals surface area (Å²) in [5, 5.41) is 0.192. The predicted octanol–water partition coefficient (Wildman–Crippen LogP) is 5.81. The Kier molecular flexibility index (Phi) is 8.76. The highest BCUT2D eigenvalue weighted by atomic mass is 28.4. The molecule has 0 bridgehead atoms. The first-order valence-corrected chi connectivity index (χ1v) is 16.5. The van der Waals surface area contributed by atoms with Gasteiger partial charge in [0.05, 0.1) is 24.9 Å². The minimum absolute atomic E-state index is 0.192. The lowest BCUT2D eigenvalue weighted by molar-refractivity contribution is -0.133. The average molecular weight is 435 g/mol. The van der Waals surface area contributed by atoms with E-state index >= 15 is 0 Å². The Morgan fingerprint density at radius 1 is 1.21 bits per heavy atom. The number of allylic oxidation sites excluding steroid dienone is 4. The van der Waals surface area contributed by atoms with Gasteiger partial charge in [0.15, 0.2) is 8.32 Å². The number of ether oxygens (including phenoxy) is 1. The van der Waals surface area contributed by atoms with Crippen LogP contribution in [0.5, 0.6) is 0 Å². The molecule has 1 aliphatic carbocycles. The first-order valence-electron chi connectivity index (χ1n) is 10.2. The summed E-state index contributed by atoms with van der Waals surface area (Å²) in [6, 6.07) is 0. The summed E-state index contributed by atoms with van der Waals surface area (Å²) < 4.78 is 17.0. The van der Waals surface area contributed by atoms with E-state index in [1.165, 1.54) is 7.11 Å². The average Bonchev–Trinajstić information content (AvgIpc) is 2.59. The van der Waals surface area contributed by atoms with Gasteiger partial charge in [0.1, 0.15) is 0 Å². The molecule has 1 rings (SSSR count). The van der Waals surface area contributed by atoms with Crippen LogP contribution in [0, 0.1) is 17.3 Å². The van der Waals surface area contributed by atoms with E-state index in [9.17, 15) is 4.79 Å². The molecular formula is C23H38O4Si2. The maximum absolute atomic E-state index is 11.5. The molecule has 4 nitrogen and oxygen atoms in total. The van der Waals surface area contributed by atoms with E-state index in [0.717, 1.165) is 5.76 Å². The minimum Gasteiger partial charge on any atom is -0.545 e. The van der Waals surface area contributed by atoms with Gasteiger partial charge in [-0.05, 0) is 62.8 Å². The second kappa shape index (κ2) is 9.97. The van der Waals surface area contributed by atoms with Crippen LogP contribution >= 0.6 is 0 Å². The summed E-state index contributed by atoms with van der Waals surface area (Å²) in [5.74, 6) is 6.10. The molecule has 0 saturated heterocycles. The molecule has 1 unspecified atom stereocenters. The van der Waals surface area contributed by atoms with Gasteiger partial charge < -0.3 is 13.6 Å². The topological polar surface area (TPSA) is 44.8 Å². The molecule has 0 N–H and O–H groups in total. The maximum Gasteiger partial charge on any atom is 0.384 e. The van der Waals surface area contributed by atoms with Crippen molar-refractivity contribution in [2.75, 3.05) is 13.7 Å². The van der Waals surface area contributed by atoms with Crippen LogP contribution in [0.1, 0.15) is 33.6 Å². The predicted molar refractivity (Wildman–Crippen MR) is 125 cm³/mol. The van der Waals surface area contributed by atoms with Gasteiger partial charge in [-0.25, -0.2) is 4.79 Å². The van der Waals surface area contributed by atoms with Crippen molar-refractivity contribution in [1.82, 2.24) is 0 Å². The maximum atomic E-state index is 11.5. The van der Waals surface area contributed by atoms with Crippen LogP contribution in [0.15, 0.2) is 36.1 Å². The number of methoxy groups -OCH3 is 1. The Balaban J connectivity index is 2.84. The van der Waals surface area contributed by atoms with E-state index in [-0.39, 0.29) is 5.04 Å². The summed E-state index contributed by atoms with van der Waals surface area (Å²) in [5.41, 5.74) is -0.437. The molecule has 0 heterocycles. The summed E-state index contributed by atoms with van der Waals surface area (Å²) >= 11 is 0. The standard InChI is InChI=1S/C23H38O4Si2/c1-22(2,3)29(8,9)26-19-11-10-15-23(18-14-21(24)25-4)16-12-20(13-17-23)27-28(5,6)7/h10-13,16H,15,17,19H2,1-9H3/b11-10-. The summed E-state index contributed by atoms with van der Waals surface area (Å²) in [4.78, 5) is 11.5. The van der Waals surface area contributed by atoms with Gasteiger partial charge in [0.25, 0.3) is 0 Å². The lowest BCUT2D eigenvalue weighted by Crippen LogP contribution is -2.40. The van der Waals surface area contributed by atoms with Crippen LogP contribution in [0.2, 0.25) is 37.8 Å². The van der Waals surface area contributed by atoms with E-state index in [4.69, 9.17) is 8.85 Å². The normalized spacial score (nSPS) is 20.1. The molecule has 0 aromatic carbocycles. The Labute approximate surface area is 179 Å². The number of esters is 1. The third-order valence-corrected chi connectivity index (χ3v) is 10.6. The van der Waals surface area contributed by atoms with E-state index < -0.39 is 28.0 Å². The zero-order chi connectivity index (χ0) is 22.3. The first kappa shape index (κ1) is 25.5. The first-order chi connectivity index (χ1) is 13.2. The lowest BCUT2D eigenvalue weighted by atomic mass is 9.79. The van der Waals surface area contributed by atoms with Crippen LogP contribution in [0.25, 0.3) is 0 Å². The highest BCUT2D eigenvalue weighted by Gasteiger charge is 2.36. The smallest absolute Gasteiger partial charge is 0.384 e. The Hall–Kier alpha value is -1.56. The second-order valence-corrected chi connectivity index (χ2v) is 19.2. The SMILES string of the molecule is COC(=O)C#CC1(C/C=C\CO[Si](C)(C)C(C)(C)C)C=CC(O[Si](C)(C)C)=CC1. The number of hydrogen-bond donors (Lipinski definition) is 0. The Bertz CT molecular complexity index is 725. The zero-order valence-electron chi connectivity index (χ0n) is 19.6. The van der Waals surface area contributed by atoms with Crippen molar-refractivity contribution in [3.63, 3.8) is 0 Å². The third kappa shape index (κ3) is 8.77. The monoisotopic (exact) mass is 434 g/mol. The largest absolute Gasteiger partial charge is 0.545 e. The van der Waals surface area contributed by atoms with Crippen molar-refractivity contribution in [3.8, 4) is 11.8 Å². The fourth-order valence-corrected chi connectivity index (χ4v) is 4.25. The summed E-state index contributed by atoms with van der Waals surface area (Å²) in [6.45, 7) is 18.3. The highest BCUT2D eigenvalue weighted by Crippen LogP contribution is 2.37. The molecule has 0 fully saturated rings. The lowest BCUT2D eigenvalue weighted by Gasteiger charge is -2.35. The molecule has 0 aromatic heterocycles. The van der Waals surface area contributed by atoms with Crippen LogP contribution in [-0.4, -0.2) is 36.3 Å². The van der Waals surface area contributed by atoms with Crippen LogP contribution in [0.3, 0.4) is 0 Å². The van der Waals surface area contributed by atoms with Gasteiger partial charge in [-0.1, -0.05) is 44.9 Å². The van der Waals surface area contributed by atoms with Crippen LogP contribution in [-0.2, 0) is 18.4 Å². The Morgan fingerprint density at radius 3 is 2.34 bits per heavy atom. The van der Waals surface area contributed by atoms with Crippen molar-refractivity contribution < 1.29 is 18.4 Å². The molecule has 1 atom stereocenters. The number of carbonyl (C=O) groups excluding carboxylic acids is 1. The van der Waals surface area contributed by atoms with Gasteiger partial charge in [-0.15, -0.1) is 0 Å². The van der Waals surface area contributed by atoms with E-state index in [0.29, 0.717) is 19.4 Å². The molecule has 6 heteroatoms. The fourth-order valence-electron chi connectivity index (χ4n) is 2.45. The molecule has 29 heavy (non-hydrogen) atoms. The number of hydrogen-bond acceptors (Lipinski definition) is 4.